The summed E-state index contributed by atoms with van der Waals surface area (Å²) in [6.07, 6.45) is 6.68. The van der Waals surface area contributed by atoms with Gasteiger partial charge in [-0.15, -0.1) is 107 Å². The zero-order valence-corrected chi connectivity index (χ0v) is 138. The van der Waals surface area contributed by atoms with Crippen molar-refractivity contribution in [2.75, 3.05) is 0 Å². The quantitative estimate of drug-likeness (QED) is 0.103. The van der Waals surface area contributed by atoms with E-state index in [9.17, 15) is 28.8 Å². The molecule has 18 rings (SSSR count). The molecule has 0 saturated carbocycles. The monoisotopic (exact) mass is 5210 g/mol. The number of hydrogen-bond donors (Lipinski definition) is 3. The van der Waals surface area contributed by atoms with Gasteiger partial charge in [-0.1, -0.05) is 28.5 Å². The Morgan fingerprint density at radius 3 is 0.790 bits per heavy atom. The van der Waals surface area contributed by atoms with E-state index in [0.717, 1.165) is 135 Å². The Labute approximate surface area is 1120 Å². The molecule has 119 heavy (non-hydrogen) atoms. The van der Waals surface area contributed by atoms with Gasteiger partial charge in [-0.3, -0.25) is 35.5 Å². The molecule has 12 heterocycles. The topological polar surface area (TPSA) is 300 Å². The van der Waals surface area contributed by atoms with E-state index in [0.29, 0.717) is 34.2 Å². The normalized spacial score (nSPS) is 10.2. The van der Waals surface area contributed by atoms with Crippen molar-refractivity contribution in [1.82, 2.24) is 77.1 Å². The van der Waals surface area contributed by atoms with Gasteiger partial charge >= 0.3 is 0 Å². The second kappa shape index (κ2) is 70.2. The van der Waals surface area contributed by atoms with Crippen LogP contribution in [-0.4, -0.2) is 65.7 Å². The Morgan fingerprint density at radius 2 is 0.496 bits per heavy atom. The number of amides is 3. The zero-order valence-electron chi connectivity index (χ0n) is 62.9. The number of rotatable bonds is 6. The van der Waals surface area contributed by atoms with E-state index < -0.39 is 0 Å². The minimum absolute atomic E-state index is 0. The van der Waals surface area contributed by atoms with Gasteiger partial charge in [0, 0.05) is 658 Å². The molecular weight excluding hydrogens is 5160 g/mol. The van der Waals surface area contributed by atoms with E-state index >= 15 is 0 Å². The molecule has 612 valence electrons. The van der Waals surface area contributed by atoms with Crippen LogP contribution in [0.15, 0.2) is 36.4 Å². The number of aromatic nitrogens is 12. The maximum atomic E-state index is 11.6. The van der Waals surface area contributed by atoms with Gasteiger partial charge in [-0.2, -0.15) is 20.8 Å². The van der Waals surface area contributed by atoms with E-state index in [1.165, 1.54) is 75.9 Å². The first-order valence-electron chi connectivity index (χ1n) is 29.6. The molecular formula is C68H55N15O6S6W18Y6-12. The standard InChI is InChI=1S/C12H12N3OS.C12H11N2OS.2C11H10N3OS.2C11H9N2OS.18W.6Y/c1-6-5-7-3-4-8-9(11(7)17-6)14-15-10(8)12(16)13-2;1-6-5-8-3-4-9-10(7(2)15)13-14-11(9)12(8)16-6;1-5-3-6-8(16-5)4-7-9(6)13-14-10(7)11(15)12-2;1-5-3-6-4-7-8(10(6)16-5)13-14-9(7)11(15)12-2;1-5-3-7-9(15-5)4-8-10(6(2)14)12-13-11(7)8;1-5-3-7-4-8-9(6(2)14)12-13-10(8)11(7)15-5;;;;;;;;;;;;;;;;;;;;;;;;/h5H,2-4H2,1H3,(H2,13,14,15,16);5H,2-4H2,1H3,(H,13,14,15);2*3H,2,4H2,1H3,(H2,12,13,14,15);2*3H,2,4H2,1H3,(H,12,13,14);;;;;;;;;;;;;;;;;;;;;;;;/q6*-1;;;;;;;;;;;;;;;;;;;;;;;;/p-6. The van der Waals surface area contributed by atoms with Crippen LogP contribution in [0.5, 0.6) is 0 Å². The van der Waals surface area contributed by atoms with Crippen LogP contribution in [0.3, 0.4) is 0 Å². The summed E-state index contributed by atoms with van der Waals surface area (Å²) >= 11 is 10.4. The number of nitrogens with one attached hydrogen (secondary N) is 3. The van der Waals surface area contributed by atoms with Crippen molar-refractivity contribution in [3.63, 3.8) is 0 Å². The average molecular weight is 5210 g/mol. The van der Waals surface area contributed by atoms with Crippen LogP contribution < -0.4 is 46.5 Å². The molecule has 12 aromatic rings. The molecule has 0 bridgehead atoms. The number of nitrogens with zero attached hydrogens (tertiary/aromatic N) is 12. The fraction of sp³-hybridized carbons (Fsp3) is 0.206. The Bertz CT molecular complexity index is 4990. The maximum absolute atomic E-state index is 11.6. The second-order valence-corrected chi connectivity index (χ2v) is 30.7. The number of thiophene rings is 6. The average Bonchev–Trinajstić information content (AvgIpc) is 1.51. The summed E-state index contributed by atoms with van der Waals surface area (Å²) < 4.78 is 0. The molecule has 21 nitrogen and oxygen atoms in total. The number of aryl methyl sites for hydroxylation is 8. The molecule has 0 unspecified atom stereocenters. The first kappa shape index (κ1) is 154. The van der Waals surface area contributed by atoms with Crippen molar-refractivity contribution in [3.05, 3.63) is 207 Å². The number of Topliss-reactive ketones (excluding diaryl/α,β-unsaturated/α-hetero) is 3. The van der Waals surface area contributed by atoms with E-state index in [2.05, 4.69) is 197 Å². The molecule has 12 aromatic heterocycles. The maximum Gasteiger partial charge on any atom is 0.239 e. The van der Waals surface area contributed by atoms with Crippen LogP contribution in [0.2, 0.25) is 0 Å². The summed E-state index contributed by atoms with van der Waals surface area (Å²) in [5, 5.41) is 55.2. The van der Waals surface area contributed by atoms with Gasteiger partial charge < -0.3 is 91.5 Å². The summed E-state index contributed by atoms with van der Waals surface area (Å²) in [4.78, 5) is 83.1. The van der Waals surface area contributed by atoms with Crippen LogP contribution >= 0.6 is 68.0 Å². The predicted octanol–water partition coefficient (Wildman–Crippen LogP) is 10.8. The molecule has 0 saturated heterocycles. The van der Waals surface area contributed by atoms with Gasteiger partial charge in [0.05, 0.1) is 0 Å². The molecule has 6 aliphatic rings. The molecule has 0 atom stereocenters. The SMILES string of the molecule is [CH2-]C(=O)c1n[n-]c2c1CCc1cc(C)sc1-2.[CH2-]C(=O)c1n[n-]c2c1Cc1cc(C)sc1-2.[CH2-]C(=O)c1n[n-]c2c1Cc1sc(C)cc1-2.[CH2-]NC(=O)c1n[n-]c2c1CCc1cc(C)sc1-2.[CH2-]NC(=O)c1n[n-]c2c1Cc1cc(C)sc1-2.[CH2-]NC(=O)c1n[n-]c2c1Cc1sc(C)cc1-2.[W].[W].[W].[W].[W].[W].[W].[W].[W].[W].[W].[W].[W].[W].[W].[W].[W].[W].[Y].[Y].[Y].[Y].[Y].[Y]. The Morgan fingerprint density at radius 1 is 0.286 bits per heavy atom. The van der Waals surface area contributed by atoms with Crippen LogP contribution in [0.1, 0.15) is 158 Å². The van der Waals surface area contributed by atoms with E-state index in [-0.39, 0.29) is 611 Å². The van der Waals surface area contributed by atoms with Crippen LogP contribution in [0, 0.1) is 83.5 Å². The largest absolute Gasteiger partial charge is 0.595 e. The molecule has 0 aliphatic heterocycles. The minimum atomic E-state index is -0.263. The molecule has 6 radical (unpaired) electrons. The third kappa shape index (κ3) is 35.0. The molecule has 0 aromatic carbocycles. The summed E-state index contributed by atoms with van der Waals surface area (Å²) in [5.41, 5.74) is 21.0. The third-order valence-electron chi connectivity index (χ3n) is 16.5. The second-order valence-electron chi connectivity index (χ2n) is 23.0. The molecule has 3 amide bonds. The van der Waals surface area contributed by atoms with Gasteiger partial charge in [0.15, 0.2) is 0 Å². The van der Waals surface area contributed by atoms with E-state index in [1.807, 2.05) is 0 Å². The number of fused-ring (bicyclic) bond motifs is 18. The van der Waals surface area contributed by atoms with Crippen LogP contribution in [0.4, 0.5) is 0 Å². The van der Waals surface area contributed by atoms with Gasteiger partial charge in [0.2, 0.25) is 17.7 Å². The van der Waals surface area contributed by atoms with Gasteiger partial charge in [0.25, 0.3) is 0 Å². The van der Waals surface area contributed by atoms with Crippen molar-refractivity contribution in [1.29, 1.82) is 0 Å². The zero-order chi connectivity index (χ0) is 67.0. The number of carbonyl (C=O) groups is 6. The molecule has 0 fully saturated rings. The van der Waals surface area contributed by atoms with E-state index in [4.69, 9.17) is 0 Å². The van der Waals surface area contributed by atoms with Crippen LogP contribution in [0.25, 0.3) is 64.8 Å². The fourth-order valence-electron chi connectivity index (χ4n) is 12.5. The Balaban J connectivity index is -0.000000111. The van der Waals surface area contributed by atoms with Gasteiger partial charge in [0.1, 0.15) is 17.1 Å². The number of carbonyl (C=O) groups excluding carboxylic acids is 6. The predicted molar refractivity (Wildman–Crippen MR) is 367 cm³/mol. The summed E-state index contributed by atoms with van der Waals surface area (Å²) in [6.45, 7) is 22.7. The third-order valence-corrected chi connectivity index (χ3v) is 23.0. The number of hydrogen-bond acceptors (Lipinski definition) is 18. The smallest absolute Gasteiger partial charge is 0.239 e. The van der Waals surface area contributed by atoms with Crippen molar-refractivity contribution in [3.8, 4) is 64.8 Å². The van der Waals surface area contributed by atoms with Crippen molar-refractivity contribution in [2.45, 2.75) is 92.9 Å². The Hall–Kier alpha value is 9.50. The molecule has 51 heteroatoms. The summed E-state index contributed by atoms with van der Waals surface area (Å²) in [6, 6.07) is 12.9. The first-order valence-corrected chi connectivity index (χ1v) is 34.5. The van der Waals surface area contributed by atoms with Crippen molar-refractivity contribution in [2.24, 2.45) is 0 Å². The Kier molecular flexibility index (Phi) is 90.8. The van der Waals surface area contributed by atoms with Gasteiger partial charge in [-0.25, -0.2) is 0 Å². The molecule has 0 spiro atoms. The van der Waals surface area contributed by atoms with E-state index in [1.54, 1.807) is 68.0 Å². The summed E-state index contributed by atoms with van der Waals surface area (Å²) in [7, 11) is 10.1. The number of ketones is 3. The van der Waals surface area contributed by atoms with Crippen LogP contribution in [-0.2, 0) is 627 Å². The first-order chi connectivity index (χ1) is 45.6. The summed E-state index contributed by atoms with van der Waals surface area (Å²) in [5.74, 6) is -1.49. The fourth-order valence-corrected chi connectivity index (χ4v) is 18.8. The van der Waals surface area contributed by atoms with Crippen molar-refractivity contribution >= 4 is 103 Å². The minimum Gasteiger partial charge on any atom is -0.595 e. The van der Waals surface area contributed by atoms with Crippen molar-refractivity contribution < 1.29 is 604 Å². The molecule has 3 N–H and O–H groups in total. The molecule has 6 aliphatic carbocycles. The van der Waals surface area contributed by atoms with Gasteiger partial charge in [-0.05, 0) is 173 Å².